The quantitative estimate of drug-likeness (QED) is 0.315. The molecule has 5 nitrogen and oxygen atoms in total. The van der Waals surface area contributed by atoms with Crippen LogP contribution in [-0.4, -0.2) is 26.7 Å². The van der Waals surface area contributed by atoms with Crippen molar-refractivity contribution in [3.8, 4) is 5.75 Å². The molecule has 0 radical (unpaired) electrons. The van der Waals surface area contributed by atoms with Crippen molar-refractivity contribution in [2.24, 2.45) is 0 Å². The molecule has 2 unspecified atom stereocenters. The van der Waals surface area contributed by atoms with Gasteiger partial charge >= 0.3 is 5.97 Å². The van der Waals surface area contributed by atoms with Crippen LogP contribution < -0.4 is 4.74 Å². The van der Waals surface area contributed by atoms with Gasteiger partial charge in [0.2, 0.25) is 0 Å². The van der Waals surface area contributed by atoms with Gasteiger partial charge in [-0.05, 0) is 35.6 Å². The Morgan fingerprint density at radius 2 is 1.61 bits per heavy atom. The second kappa shape index (κ2) is 9.14. The summed E-state index contributed by atoms with van der Waals surface area (Å²) < 4.78 is 34.4. The zero-order chi connectivity index (χ0) is 20.0. The van der Waals surface area contributed by atoms with E-state index in [1.165, 1.54) is 11.3 Å². The number of rotatable bonds is 8. The molecule has 146 valence electrons. The number of esters is 1. The van der Waals surface area contributed by atoms with Gasteiger partial charge in [0.25, 0.3) is 10.1 Å². The van der Waals surface area contributed by atoms with Crippen LogP contribution >= 0.6 is 11.3 Å². The molecule has 1 heterocycles. The number of carbonyl (C=O) groups is 1. The molecule has 0 N–H and O–H groups in total. The molecule has 2 atom stereocenters. The molecule has 0 fully saturated rings. The highest BCUT2D eigenvalue weighted by Gasteiger charge is 2.36. The van der Waals surface area contributed by atoms with Crippen LogP contribution in [0.5, 0.6) is 5.75 Å². The molecule has 0 aliphatic heterocycles. The van der Waals surface area contributed by atoms with E-state index in [2.05, 4.69) is 0 Å². The van der Waals surface area contributed by atoms with E-state index in [1.54, 1.807) is 30.3 Å². The van der Waals surface area contributed by atoms with Crippen molar-refractivity contribution in [1.82, 2.24) is 0 Å². The molecule has 3 rings (SSSR count). The van der Waals surface area contributed by atoms with E-state index >= 15 is 0 Å². The summed E-state index contributed by atoms with van der Waals surface area (Å²) in [6, 6.07) is 21.8. The van der Waals surface area contributed by atoms with Gasteiger partial charge in [-0.3, -0.25) is 4.18 Å². The van der Waals surface area contributed by atoms with Gasteiger partial charge in [0, 0.05) is 10.8 Å². The Morgan fingerprint density at radius 1 is 0.964 bits per heavy atom. The summed E-state index contributed by atoms with van der Waals surface area (Å²) >= 11 is 1.45. The lowest BCUT2D eigenvalue weighted by atomic mass is 9.92. The van der Waals surface area contributed by atoms with Crippen LogP contribution in [0.2, 0.25) is 0 Å². The van der Waals surface area contributed by atoms with Crippen LogP contribution in [0.3, 0.4) is 0 Å². The zero-order valence-electron chi connectivity index (χ0n) is 15.2. The molecule has 0 saturated heterocycles. The number of carbonyl (C=O) groups excluding carboxylic acids is 1. The normalized spacial score (nSPS) is 13.6. The third-order valence-electron chi connectivity index (χ3n) is 4.04. The molecule has 0 spiro atoms. The summed E-state index contributed by atoms with van der Waals surface area (Å²) in [5.41, 5.74) is 0.968. The van der Waals surface area contributed by atoms with Crippen molar-refractivity contribution in [2.75, 3.05) is 6.26 Å². The minimum absolute atomic E-state index is 0.333. The molecule has 0 amide bonds. The number of hydrogen-bond acceptors (Lipinski definition) is 6. The Labute approximate surface area is 168 Å². The van der Waals surface area contributed by atoms with Gasteiger partial charge in [-0.2, -0.15) is 8.42 Å². The lowest BCUT2D eigenvalue weighted by molar-refractivity contribution is -0.143. The molecule has 1 aromatic heterocycles. The molecule has 0 saturated carbocycles. The van der Waals surface area contributed by atoms with Crippen molar-refractivity contribution in [2.45, 2.75) is 18.4 Å². The van der Waals surface area contributed by atoms with Gasteiger partial charge in [0.15, 0.2) is 6.10 Å². The molecular weight excluding hydrogens is 396 g/mol. The van der Waals surface area contributed by atoms with Crippen LogP contribution in [0.15, 0.2) is 78.2 Å². The summed E-state index contributed by atoms with van der Waals surface area (Å²) in [7, 11) is -3.89. The van der Waals surface area contributed by atoms with Gasteiger partial charge in [-0.1, -0.05) is 54.6 Å². The first-order valence-electron chi connectivity index (χ1n) is 8.65. The number of hydrogen-bond donors (Lipinski definition) is 0. The molecule has 0 aliphatic carbocycles. The Kier molecular flexibility index (Phi) is 6.61. The third kappa shape index (κ3) is 5.76. The smallest absolute Gasteiger partial charge is 0.342 e. The molecule has 28 heavy (non-hydrogen) atoms. The second-order valence-corrected chi connectivity index (χ2v) is 8.85. The molecule has 3 aromatic rings. The average Bonchev–Trinajstić information content (AvgIpc) is 3.20. The first-order chi connectivity index (χ1) is 13.4. The molecular formula is C21H20O5S2. The Morgan fingerprint density at radius 3 is 2.18 bits per heavy atom. The highest BCUT2D eigenvalue weighted by Crippen LogP contribution is 2.32. The van der Waals surface area contributed by atoms with Gasteiger partial charge in [0.05, 0.1) is 6.26 Å². The maximum Gasteiger partial charge on any atom is 0.342 e. The third-order valence-corrected chi connectivity index (χ3v) is 5.61. The summed E-state index contributed by atoms with van der Waals surface area (Å²) in [6.45, 7) is 0. The molecule has 0 bridgehead atoms. The fourth-order valence-electron chi connectivity index (χ4n) is 2.85. The summed E-state index contributed by atoms with van der Waals surface area (Å²) in [4.78, 5) is 13.8. The van der Waals surface area contributed by atoms with E-state index in [1.807, 2.05) is 47.8 Å². The first kappa shape index (κ1) is 20.3. The molecule has 2 aromatic carbocycles. The highest BCUT2D eigenvalue weighted by atomic mass is 32.2. The van der Waals surface area contributed by atoms with E-state index in [0.717, 1.165) is 16.7 Å². The number of ether oxygens (including phenoxy) is 1. The summed E-state index contributed by atoms with van der Waals surface area (Å²) in [5, 5.41) is 1.88. The topological polar surface area (TPSA) is 69.7 Å². The standard InChI is InChI=1S/C21H20O5S2/c1-28(23,24)26-20(21(22)25-17-11-6-3-7-12-17)18(19-13-8-14-27-19)15-16-9-4-2-5-10-16/h2-14,18,20H,15H2,1H3. The largest absolute Gasteiger partial charge is 0.425 e. The van der Waals surface area contributed by atoms with Crippen molar-refractivity contribution in [3.05, 3.63) is 88.6 Å². The van der Waals surface area contributed by atoms with Crippen LogP contribution in [-0.2, 0) is 25.5 Å². The first-order valence-corrected chi connectivity index (χ1v) is 11.3. The van der Waals surface area contributed by atoms with Crippen molar-refractivity contribution < 1.29 is 22.1 Å². The maximum absolute atomic E-state index is 12.9. The molecule has 0 aliphatic rings. The van der Waals surface area contributed by atoms with Crippen LogP contribution in [0, 0.1) is 0 Å². The lowest BCUT2D eigenvalue weighted by Crippen LogP contribution is -2.37. The van der Waals surface area contributed by atoms with Crippen molar-refractivity contribution >= 4 is 27.4 Å². The minimum atomic E-state index is -3.89. The summed E-state index contributed by atoms with van der Waals surface area (Å²) in [6.07, 6.45) is 0.0731. The number of para-hydroxylation sites is 1. The van der Waals surface area contributed by atoms with E-state index in [4.69, 9.17) is 8.92 Å². The SMILES string of the molecule is CS(=O)(=O)OC(C(=O)Oc1ccccc1)C(Cc1ccccc1)c1cccs1. The number of thiophene rings is 1. The van der Waals surface area contributed by atoms with E-state index < -0.39 is 28.1 Å². The second-order valence-electron chi connectivity index (χ2n) is 6.27. The van der Waals surface area contributed by atoms with Gasteiger partial charge in [-0.25, -0.2) is 4.79 Å². The Hall–Kier alpha value is -2.48. The Bertz CT molecular complexity index is 984. The fourth-order valence-corrected chi connectivity index (χ4v) is 4.29. The van der Waals surface area contributed by atoms with Crippen LogP contribution in [0.1, 0.15) is 16.4 Å². The fraction of sp³-hybridized carbons (Fsp3) is 0.190. The predicted molar refractivity (Wildman–Crippen MR) is 109 cm³/mol. The monoisotopic (exact) mass is 416 g/mol. The lowest BCUT2D eigenvalue weighted by Gasteiger charge is -2.24. The van der Waals surface area contributed by atoms with Gasteiger partial charge in [0.1, 0.15) is 5.75 Å². The van der Waals surface area contributed by atoms with Crippen LogP contribution in [0.25, 0.3) is 0 Å². The highest BCUT2D eigenvalue weighted by molar-refractivity contribution is 7.86. The van der Waals surface area contributed by atoms with E-state index in [9.17, 15) is 13.2 Å². The van der Waals surface area contributed by atoms with Crippen LogP contribution in [0.4, 0.5) is 0 Å². The Balaban J connectivity index is 1.95. The van der Waals surface area contributed by atoms with Crippen molar-refractivity contribution in [3.63, 3.8) is 0 Å². The number of benzene rings is 2. The average molecular weight is 417 g/mol. The van der Waals surface area contributed by atoms with E-state index in [0.29, 0.717) is 12.2 Å². The van der Waals surface area contributed by atoms with Gasteiger partial charge in [-0.15, -0.1) is 11.3 Å². The van der Waals surface area contributed by atoms with Gasteiger partial charge < -0.3 is 4.74 Å². The van der Waals surface area contributed by atoms with Crippen molar-refractivity contribution in [1.29, 1.82) is 0 Å². The van der Waals surface area contributed by atoms with E-state index in [-0.39, 0.29) is 0 Å². The minimum Gasteiger partial charge on any atom is -0.425 e. The molecule has 7 heteroatoms. The maximum atomic E-state index is 12.9. The predicted octanol–water partition coefficient (Wildman–Crippen LogP) is 4.02. The zero-order valence-corrected chi connectivity index (χ0v) is 16.9. The summed E-state index contributed by atoms with van der Waals surface area (Å²) in [5.74, 6) is -0.918.